The molecule has 0 aromatic rings. The molecule has 0 atom stereocenters. The van der Waals surface area contributed by atoms with Gasteiger partial charge < -0.3 is 19.7 Å². The molecule has 2 nitrogen and oxygen atoms in total. The normalized spacial score (nSPS) is 3.50. The molecule has 1 N–H and O–H groups in total. The largest absolute Gasteiger partial charge is 2.00 e. The Bertz CT molecular complexity index is 19.0. The zero-order chi connectivity index (χ0) is 2.71. The van der Waals surface area contributed by atoms with Gasteiger partial charge in [-0.2, -0.15) is 0 Å². The molecule has 0 aliphatic rings. The average molecular weight is 118 g/mol. The van der Waals surface area contributed by atoms with E-state index in [-0.39, 0.29) is 37.9 Å². The van der Waals surface area contributed by atoms with Crippen LogP contribution in [0.25, 0.3) is 0 Å². The van der Waals surface area contributed by atoms with Crippen molar-refractivity contribution < 1.29 is 9.46 Å². The van der Waals surface area contributed by atoms with E-state index >= 15 is 0 Å². The second-order valence-corrected chi connectivity index (χ2v) is 0.245. The summed E-state index contributed by atoms with van der Waals surface area (Å²) in [5, 5.41) is 0. The van der Waals surface area contributed by atoms with Crippen molar-refractivity contribution in [2.24, 2.45) is 0 Å². The molecule has 0 aliphatic heterocycles. The van der Waals surface area contributed by atoms with E-state index in [0.29, 0.717) is 0 Å². The van der Waals surface area contributed by atoms with Crippen LogP contribution in [0.4, 0.5) is 0 Å². The van der Waals surface area contributed by atoms with Crippen LogP contribution in [0.15, 0.2) is 0 Å². The number of hydrogen-bond donors (Lipinski definition) is 1. The first-order valence-electron chi connectivity index (χ1n) is 0.383. The maximum atomic E-state index is 8.46. The predicted octanol–water partition coefficient (Wildman–Crippen LogP) is 0.705. The van der Waals surface area contributed by atoms with Gasteiger partial charge >= 0.3 is 31.7 Å². The molecule has 34 valence electrons. The molecule has 4 heteroatoms. The van der Waals surface area contributed by atoms with Crippen LogP contribution in [0.5, 0.6) is 0 Å². The van der Waals surface area contributed by atoms with E-state index in [9.17, 15) is 0 Å². The molecule has 6 heavy (non-hydrogen) atoms. The van der Waals surface area contributed by atoms with Gasteiger partial charge in [0, 0.05) is 0 Å². The average Bonchev–Trinajstić information content (AvgIpc) is 0.918. The molecule has 0 radical (unpaired) electrons. The zero-order valence-corrected chi connectivity index (χ0v) is 6.32. The molecular weight excluding hydrogens is 111 g/mol. The summed E-state index contributed by atoms with van der Waals surface area (Å²) in [4.78, 5) is 6.99. The molecule has 0 saturated heterocycles. The topological polar surface area (TPSA) is 37.3 Å². The standard InChI is InChI=1S/2CH3.Mg.HO2P/c;;;1-3-2/h2*1H3;;(H,1,2)/q2*-1;+2;. The summed E-state index contributed by atoms with van der Waals surface area (Å²) in [6, 6.07) is 0. The molecule has 0 aliphatic carbocycles. The molecule has 0 aromatic carbocycles. The molecular formula is C2H7MgO2P. The summed E-state index contributed by atoms with van der Waals surface area (Å²) in [5.41, 5.74) is 0. The third-order valence-corrected chi connectivity index (χ3v) is 0. The van der Waals surface area contributed by atoms with Gasteiger partial charge in [0.2, 0.25) is 0 Å². The van der Waals surface area contributed by atoms with Gasteiger partial charge in [0.25, 0.3) is 0 Å². The van der Waals surface area contributed by atoms with E-state index < -0.39 is 8.69 Å². The third-order valence-electron chi connectivity index (χ3n) is 0. The first-order chi connectivity index (χ1) is 1.41. The van der Waals surface area contributed by atoms with E-state index in [1.54, 1.807) is 0 Å². The fraction of sp³-hybridized carbons (Fsp3) is 0. The van der Waals surface area contributed by atoms with Crippen LogP contribution in [0.1, 0.15) is 0 Å². The molecule has 0 heterocycles. The van der Waals surface area contributed by atoms with Crippen LogP contribution in [0.2, 0.25) is 0 Å². The third kappa shape index (κ3) is 104. The predicted molar refractivity (Wildman–Crippen MR) is 28.4 cm³/mol. The van der Waals surface area contributed by atoms with Gasteiger partial charge in [-0.3, -0.25) is 0 Å². The van der Waals surface area contributed by atoms with Crippen LogP contribution >= 0.6 is 8.69 Å². The minimum Gasteiger partial charge on any atom is -0.358 e. The van der Waals surface area contributed by atoms with E-state index in [4.69, 9.17) is 9.46 Å². The van der Waals surface area contributed by atoms with Crippen LogP contribution in [-0.2, 0) is 4.57 Å². The van der Waals surface area contributed by atoms with Crippen molar-refractivity contribution in [3.63, 3.8) is 0 Å². The first kappa shape index (κ1) is 29.0. The van der Waals surface area contributed by atoms with Crippen molar-refractivity contribution in [3.8, 4) is 0 Å². The summed E-state index contributed by atoms with van der Waals surface area (Å²) >= 11 is 0. The number of rotatable bonds is 0. The molecule has 0 bridgehead atoms. The smallest absolute Gasteiger partial charge is 0.358 e. The Morgan fingerprint density at radius 1 is 1.33 bits per heavy atom. The quantitative estimate of drug-likeness (QED) is 0.289. The monoisotopic (exact) mass is 118 g/mol. The van der Waals surface area contributed by atoms with Crippen molar-refractivity contribution in [3.05, 3.63) is 14.9 Å². The maximum Gasteiger partial charge on any atom is 2.00 e. The van der Waals surface area contributed by atoms with Gasteiger partial charge in [-0.15, -0.1) is 0 Å². The minimum absolute atomic E-state index is 0. The Balaban J connectivity index is -0.00000000667. The Morgan fingerprint density at radius 2 is 1.33 bits per heavy atom. The van der Waals surface area contributed by atoms with Crippen molar-refractivity contribution in [1.82, 2.24) is 0 Å². The SMILES string of the molecule is O=PO.[CH3-].[CH3-].[Mg+2]. The van der Waals surface area contributed by atoms with Gasteiger partial charge in [-0.25, -0.2) is 4.57 Å². The molecule has 0 saturated carbocycles. The molecule has 0 spiro atoms. The van der Waals surface area contributed by atoms with Crippen LogP contribution < -0.4 is 0 Å². The van der Waals surface area contributed by atoms with Crippen molar-refractivity contribution in [2.45, 2.75) is 0 Å². The second kappa shape index (κ2) is 40.7. The second-order valence-electron chi connectivity index (χ2n) is 0.0816. The van der Waals surface area contributed by atoms with Crippen LogP contribution in [-0.4, -0.2) is 27.9 Å². The van der Waals surface area contributed by atoms with Crippen molar-refractivity contribution >= 4 is 31.7 Å². The van der Waals surface area contributed by atoms with Crippen molar-refractivity contribution in [1.29, 1.82) is 0 Å². The summed E-state index contributed by atoms with van der Waals surface area (Å²) in [6.45, 7) is 0. The summed E-state index contributed by atoms with van der Waals surface area (Å²) in [7, 11) is -0.833. The van der Waals surface area contributed by atoms with Gasteiger partial charge in [-0.1, -0.05) is 0 Å². The van der Waals surface area contributed by atoms with Gasteiger partial charge in [0.1, 0.15) is 0 Å². The fourth-order valence-electron chi connectivity index (χ4n) is 0. The Kier molecular flexibility index (Phi) is 197. The summed E-state index contributed by atoms with van der Waals surface area (Å²) < 4.78 is 8.46. The van der Waals surface area contributed by atoms with Crippen molar-refractivity contribution in [2.75, 3.05) is 0 Å². The molecule has 0 fully saturated rings. The van der Waals surface area contributed by atoms with E-state index in [2.05, 4.69) is 0 Å². The Hall–Kier alpha value is 0.826. The molecule has 0 unspecified atom stereocenters. The zero-order valence-electron chi connectivity index (χ0n) is 4.01. The molecule has 0 aromatic heterocycles. The molecule has 0 amide bonds. The maximum absolute atomic E-state index is 8.46. The first-order valence-corrected chi connectivity index (χ1v) is 1.15. The van der Waals surface area contributed by atoms with Gasteiger partial charge in [-0.05, 0) is 0 Å². The van der Waals surface area contributed by atoms with E-state index in [0.717, 1.165) is 0 Å². The van der Waals surface area contributed by atoms with Gasteiger partial charge in [0.05, 0.1) is 0 Å². The summed E-state index contributed by atoms with van der Waals surface area (Å²) in [6.07, 6.45) is 0. The Labute approximate surface area is 56.4 Å². The minimum atomic E-state index is -0.833. The Morgan fingerprint density at radius 3 is 1.33 bits per heavy atom. The van der Waals surface area contributed by atoms with E-state index in [1.807, 2.05) is 0 Å². The fourth-order valence-corrected chi connectivity index (χ4v) is 0. The summed E-state index contributed by atoms with van der Waals surface area (Å²) in [5.74, 6) is 0. The van der Waals surface area contributed by atoms with E-state index in [1.165, 1.54) is 0 Å². The van der Waals surface area contributed by atoms with Gasteiger partial charge in [0.15, 0.2) is 0 Å². The van der Waals surface area contributed by atoms with Crippen LogP contribution in [0.3, 0.4) is 0 Å². The molecule has 0 rings (SSSR count). The number of hydrogen-bond acceptors (Lipinski definition) is 1. The van der Waals surface area contributed by atoms with Crippen LogP contribution in [0, 0.1) is 14.9 Å².